The van der Waals surface area contributed by atoms with Gasteiger partial charge in [0.15, 0.2) is 0 Å². The number of aldehydes is 1. The summed E-state index contributed by atoms with van der Waals surface area (Å²) >= 11 is 0. The molecule has 0 aliphatic rings. The second-order valence-corrected chi connectivity index (χ2v) is 6.20. The first kappa shape index (κ1) is 17.2. The standard InChI is InChI=1S/C20H25NO2/c1-16(2)20(14-22)21(3)13-17-9-11-19(12-10-17)23-15-18-7-5-4-6-8-18/h4-12,14,16,20H,13,15H2,1-3H3. The molecule has 0 spiro atoms. The summed E-state index contributed by atoms with van der Waals surface area (Å²) in [5.41, 5.74) is 2.33. The van der Waals surface area contributed by atoms with Gasteiger partial charge in [-0.1, -0.05) is 56.3 Å². The molecule has 0 aliphatic heterocycles. The minimum absolute atomic E-state index is 0.0518. The normalized spacial score (nSPS) is 12.4. The molecule has 122 valence electrons. The third kappa shape index (κ3) is 5.22. The lowest BCUT2D eigenvalue weighted by atomic mass is 10.0. The highest BCUT2D eigenvalue weighted by atomic mass is 16.5. The average Bonchev–Trinajstić information content (AvgIpc) is 2.55. The van der Waals surface area contributed by atoms with Crippen molar-refractivity contribution in [1.82, 2.24) is 4.90 Å². The van der Waals surface area contributed by atoms with Crippen LogP contribution >= 0.6 is 0 Å². The minimum Gasteiger partial charge on any atom is -0.489 e. The van der Waals surface area contributed by atoms with Crippen molar-refractivity contribution < 1.29 is 9.53 Å². The van der Waals surface area contributed by atoms with Crippen LogP contribution < -0.4 is 4.74 Å². The molecule has 0 saturated carbocycles. The molecule has 0 saturated heterocycles. The first-order valence-electron chi connectivity index (χ1n) is 8.01. The van der Waals surface area contributed by atoms with Gasteiger partial charge in [0.25, 0.3) is 0 Å². The summed E-state index contributed by atoms with van der Waals surface area (Å²) in [6.07, 6.45) is 1.03. The van der Waals surface area contributed by atoms with Crippen LogP contribution in [0.25, 0.3) is 0 Å². The van der Waals surface area contributed by atoms with Gasteiger partial charge in [0, 0.05) is 6.54 Å². The molecular weight excluding hydrogens is 286 g/mol. The van der Waals surface area contributed by atoms with E-state index in [2.05, 4.69) is 43.0 Å². The van der Waals surface area contributed by atoms with Gasteiger partial charge in [-0.25, -0.2) is 0 Å². The summed E-state index contributed by atoms with van der Waals surface area (Å²) in [5.74, 6) is 1.17. The van der Waals surface area contributed by atoms with Crippen LogP contribution in [0.1, 0.15) is 25.0 Å². The SMILES string of the molecule is CC(C)C(C=O)N(C)Cc1ccc(OCc2ccccc2)cc1. The molecule has 0 fully saturated rings. The predicted molar refractivity (Wildman–Crippen MR) is 93.4 cm³/mol. The van der Waals surface area contributed by atoms with Gasteiger partial charge in [0.05, 0.1) is 6.04 Å². The van der Waals surface area contributed by atoms with E-state index >= 15 is 0 Å². The van der Waals surface area contributed by atoms with Gasteiger partial charge < -0.3 is 9.53 Å². The lowest BCUT2D eigenvalue weighted by Crippen LogP contribution is -2.36. The zero-order valence-electron chi connectivity index (χ0n) is 14.1. The summed E-state index contributed by atoms with van der Waals surface area (Å²) in [6, 6.07) is 18.1. The molecule has 3 heteroatoms. The second-order valence-electron chi connectivity index (χ2n) is 6.20. The summed E-state index contributed by atoms with van der Waals surface area (Å²) in [7, 11) is 1.99. The van der Waals surface area contributed by atoms with Crippen molar-refractivity contribution in [2.75, 3.05) is 7.05 Å². The van der Waals surface area contributed by atoms with Crippen LogP contribution in [-0.2, 0) is 17.9 Å². The first-order valence-corrected chi connectivity index (χ1v) is 8.01. The number of benzene rings is 2. The molecule has 0 heterocycles. The summed E-state index contributed by atoms with van der Waals surface area (Å²) in [6.45, 7) is 5.45. The number of likely N-dealkylation sites (N-methyl/N-ethyl adjacent to an activating group) is 1. The van der Waals surface area contributed by atoms with Crippen LogP contribution in [0.15, 0.2) is 54.6 Å². The van der Waals surface area contributed by atoms with Gasteiger partial charge in [-0.05, 0) is 36.2 Å². The number of rotatable bonds is 8. The van der Waals surface area contributed by atoms with Gasteiger partial charge in [0.2, 0.25) is 0 Å². The highest BCUT2D eigenvalue weighted by molar-refractivity contribution is 5.57. The summed E-state index contributed by atoms with van der Waals surface area (Å²) < 4.78 is 5.79. The zero-order valence-corrected chi connectivity index (χ0v) is 14.1. The van der Waals surface area contributed by atoms with E-state index in [1.807, 2.05) is 37.4 Å². The Morgan fingerprint density at radius 2 is 1.65 bits per heavy atom. The number of ether oxygens (including phenoxy) is 1. The fourth-order valence-electron chi connectivity index (χ4n) is 2.60. The lowest BCUT2D eigenvalue weighted by molar-refractivity contribution is -0.113. The Morgan fingerprint density at radius 1 is 1.00 bits per heavy atom. The fourth-order valence-corrected chi connectivity index (χ4v) is 2.60. The topological polar surface area (TPSA) is 29.5 Å². The van der Waals surface area contributed by atoms with Crippen LogP contribution in [0.3, 0.4) is 0 Å². The first-order chi connectivity index (χ1) is 11.1. The average molecular weight is 311 g/mol. The third-order valence-electron chi connectivity index (χ3n) is 3.94. The minimum atomic E-state index is -0.0518. The van der Waals surface area contributed by atoms with Crippen molar-refractivity contribution in [3.63, 3.8) is 0 Å². The Morgan fingerprint density at radius 3 is 2.22 bits per heavy atom. The number of hydrogen-bond acceptors (Lipinski definition) is 3. The van der Waals surface area contributed by atoms with Crippen LogP contribution in [0.5, 0.6) is 5.75 Å². The van der Waals surface area contributed by atoms with Gasteiger partial charge in [-0.2, -0.15) is 0 Å². The molecule has 0 aliphatic carbocycles. The van der Waals surface area contributed by atoms with Crippen molar-refractivity contribution >= 4 is 6.29 Å². The molecule has 0 N–H and O–H groups in total. The monoisotopic (exact) mass is 311 g/mol. The van der Waals surface area contributed by atoms with Crippen molar-refractivity contribution in [2.24, 2.45) is 5.92 Å². The number of hydrogen-bond donors (Lipinski definition) is 0. The maximum Gasteiger partial charge on any atom is 0.137 e. The molecule has 2 rings (SSSR count). The van der Waals surface area contributed by atoms with Crippen molar-refractivity contribution in [3.8, 4) is 5.75 Å². The third-order valence-corrected chi connectivity index (χ3v) is 3.94. The molecule has 3 nitrogen and oxygen atoms in total. The van der Waals surface area contributed by atoms with Gasteiger partial charge in [-0.15, -0.1) is 0 Å². The number of nitrogens with zero attached hydrogens (tertiary/aromatic N) is 1. The van der Waals surface area contributed by atoms with Gasteiger partial charge >= 0.3 is 0 Å². The zero-order chi connectivity index (χ0) is 16.7. The second kappa shape index (κ2) is 8.49. The Balaban J connectivity index is 1.90. The fraction of sp³-hybridized carbons (Fsp3) is 0.350. The smallest absolute Gasteiger partial charge is 0.137 e. The lowest BCUT2D eigenvalue weighted by Gasteiger charge is -2.26. The van der Waals surface area contributed by atoms with E-state index in [0.29, 0.717) is 12.5 Å². The predicted octanol–water partition coefficient (Wildman–Crippen LogP) is 3.92. The number of carbonyl (C=O) groups excluding carboxylic acids is 1. The molecule has 23 heavy (non-hydrogen) atoms. The maximum atomic E-state index is 11.2. The van der Waals surface area contributed by atoms with Crippen molar-refractivity contribution in [3.05, 3.63) is 65.7 Å². The van der Waals surface area contributed by atoms with E-state index < -0.39 is 0 Å². The van der Waals surface area contributed by atoms with Crippen LogP contribution in [0.4, 0.5) is 0 Å². The number of carbonyl (C=O) groups is 1. The van der Waals surface area contributed by atoms with Crippen LogP contribution in [0, 0.1) is 5.92 Å². The van der Waals surface area contributed by atoms with E-state index in [0.717, 1.165) is 24.1 Å². The van der Waals surface area contributed by atoms with E-state index in [1.165, 1.54) is 5.56 Å². The molecule has 2 aromatic carbocycles. The van der Waals surface area contributed by atoms with E-state index in [-0.39, 0.29) is 6.04 Å². The van der Waals surface area contributed by atoms with Crippen LogP contribution in [0.2, 0.25) is 0 Å². The Bertz CT molecular complexity index is 593. The Labute approximate surface area is 138 Å². The Kier molecular flexibility index (Phi) is 6.36. The largest absolute Gasteiger partial charge is 0.489 e. The van der Waals surface area contributed by atoms with Crippen molar-refractivity contribution in [2.45, 2.75) is 33.0 Å². The Hall–Kier alpha value is -2.13. The molecule has 2 aromatic rings. The quantitative estimate of drug-likeness (QED) is 0.692. The molecule has 0 radical (unpaired) electrons. The molecule has 1 atom stereocenters. The maximum absolute atomic E-state index is 11.2. The van der Waals surface area contributed by atoms with Crippen LogP contribution in [-0.4, -0.2) is 24.3 Å². The summed E-state index contributed by atoms with van der Waals surface area (Å²) in [5, 5.41) is 0. The molecule has 0 amide bonds. The molecule has 1 unspecified atom stereocenters. The highest BCUT2D eigenvalue weighted by Gasteiger charge is 2.17. The summed E-state index contributed by atoms with van der Waals surface area (Å²) in [4.78, 5) is 13.3. The van der Waals surface area contributed by atoms with E-state index in [1.54, 1.807) is 0 Å². The van der Waals surface area contributed by atoms with Crippen molar-refractivity contribution in [1.29, 1.82) is 0 Å². The molecule has 0 bridgehead atoms. The van der Waals surface area contributed by atoms with Gasteiger partial charge in [-0.3, -0.25) is 4.90 Å². The highest BCUT2D eigenvalue weighted by Crippen LogP contribution is 2.17. The van der Waals surface area contributed by atoms with E-state index in [9.17, 15) is 4.79 Å². The molecule has 0 aromatic heterocycles. The van der Waals surface area contributed by atoms with Gasteiger partial charge in [0.1, 0.15) is 18.6 Å². The molecular formula is C20H25NO2. The van der Waals surface area contributed by atoms with E-state index in [4.69, 9.17) is 4.74 Å².